The zero-order valence-corrected chi connectivity index (χ0v) is 12.7. The summed E-state index contributed by atoms with van der Waals surface area (Å²) in [4.78, 5) is 36.8. The Morgan fingerprint density at radius 2 is 1.75 bits per heavy atom. The maximum atomic E-state index is 12.0. The molecule has 0 atom stereocenters. The number of hydrogen-bond acceptors (Lipinski definition) is 3. The fraction of sp³-hybridized carbons (Fsp3) is 0.769. The monoisotopic (exact) mass is 287 g/mol. The molecule has 0 aromatic carbocycles. The van der Waals surface area contributed by atoms with Gasteiger partial charge in [0.2, 0.25) is 5.91 Å². The van der Waals surface area contributed by atoms with Gasteiger partial charge >= 0.3 is 12.0 Å². The second-order valence-corrected chi connectivity index (χ2v) is 5.05. The van der Waals surface area contributed by atoms with Gasteiger partial charge in [0.15, 0.2) is 0 Å². The largest absolute Gasteiger partial charge is 0.481 e. The van der Waals surface area contributed by atoms with Crippen LogP contribution in [0.3, 0.4) is 0 Å². The second-order valence-electron chi connectivity index (χ2n) is 5.05. The smallest absolute Gasteiger partial charge is 0.317 e. The number of carboxylic acids is 1. The van der Waals surface area contributed by atoms with Gasteiger partial charge in [-0.3, -0.25) is 9.59 Å². The number of urea groups is 1. The number of carboxylic acid groups (broad SMARTS) is 1. The average Bonchev–Trinajstić information content (AvgIpc) is 2.33. The summed E-state index contributed by atoms with van der Waals surface area (Å²) in [6.45, 7) is 4.39. The molecule has 0 spiro atoms. The fourth-order valence-electron chi connectivity index (χ4n) is 1.60. The first-order valence-electron chi connectivity index (χ1n) is 6.72. The Morgan fingerprint density at radius 3 is 2.20 bits per heavy atom. The van der Waals surface area contributed by atoms with Crippen LogP contribution < -0.4 is 5.32 Å². The zero-order valence-electron chi connectivity index (χ0n) is 12.7. The van der Waals surface area contributed by atoms with E-state index in [-0.39, 0.29) is 37.4 Å². The van der Waals surface area contributed by atoms with Crippen LogP contribution in [-0.2, 0) is 9.59 Å². The summed E-state index contributed by atoms with van der Waals surface area (Å²) < 4.78 is 0. The van der Waals surface area contributed by atoms with E-state index < -0.39 is 5.97 Å². The van der Waals surface area contributed by atoms with Crippen LogP contribution in [0.15, 0.2) is 0 Å². The molecule has 0 saturated carbocycles. The summed E-state index contributed by atoms with van der Waals surface area (Å²) in [5, 5.41) is 11.3. The van der Waals surface area contributed by atoms with Crippen LogP contribution in [0.25, 0.3) is 0 Å². The van der Waals surface area contributed by atoms with E-state index in [1.54, 1.807) is 19.0 Å². The molecule has 0 aromatic rings. The first kappa shape index (κ1) is 18.2. The quantitative estimate of drug-likeness (QED) is 0.689. The molecule has 20 heavy (non-hydrogen) atoms. The number of carbonyl (C=O) groups is 3. The number of nitrogens with one attached hydrogen (secondary N) is 1. The predicted molar refractivity (Wildman–Crippen MR) is 75.4 cm³/mol. The van der Waals surface area contributed by atoms with Gasteiger partial charge in [0, 0.05) is 46.1 Å². The molecule has 0 aromatic heterocycles. The standard InChI is InChI=1S/C13H25N3O4/c1-10(2)16(9-5-6-12(18)19)13(20)14-8-7-11(17)15(3)4/h10H,5-9H2,1-4H3,(H,14,20)(H,18,19). The van der Waals surface area contributed by atoms with Gasteiger partial charge in [0.05, 0.1) is 0 Å². The lowest BCUT2D eigenvalue weighted by Gasteiger charge is -2.26. The van der Waals surface area contributed by atoms with Crippen molar-refractivity contribution in [2.45, 2.75) is 39.2 Å². The summed E-state index contributed by atoms with van der Waals surface area (Å²) in [7, 11) is 3.33. The Hall–Kier alpha value is -1.79. The van der Waals surface area contributed by atoms with E-state index in [0.717, 1.165) is 0 Å². The molecule has 0 aliphatic carbocycles. The molecule has 0 unspecified atom stereocenters. The summed E-state index contributed by atoms with van der Waals surface area (Å²) in [5.74, 6) is -0.919. The summed E-state index contributed by atoms with van der Waals surface area (Å²) in [5.41, 5.74) is 0. The molecule has 0 saturated heterocycles. The molecule has 7 nitrogen and oxygen atoms in total. The van der Waals surface area contributed by atoms with Crippen molar-refractivity contribution in [3.63, 3.8) is 0 Å². The van der Waals surface area contributed by atoms with Crippen LogP contribution in [-0.4, -0.2) is 66.0 Å². The highest BCUT2D eigenvalue weighted by Gasteiger charge is 2.17. The van der Waals surface area contributed by atoms with E-state index in [4.69, 9.17) is 5.11 Å². The molecule has 0 aliphatic heterocycles. The van der Waals surface area contributed by atoms with Crippen molar-refractivity contribution in [2.24, 2.45) is 0 Å². The fourth-order valence-corrected chi connectivity index (χ4v) is 1.60. The van der Waals surface area contributed by atoms with Crippen LogP contribution in [0.1, 0.15) is 33.1 Å². The van der Waals surface area contributed by atoms with Crippen molar-refractivity contribution in [1.82, 2.24) is 15.1 Å². The topological polar surface area (TPSA) is 90.0 Å². The molecule has 0 radical (unpaired) electrons. The van der Waals surface area contributed by atoms with E-state index in [1.165, 1.54) is 4.90 Å². The van der Waals surface area contributed by atoms with Gasteiger partial charge in [0.1, 0.15) is 0 Å². The number of nitrogens with zero attached hydrogens (tertiary/aromatic N) is 2. The zero-order chi connectivity index (χ0) is 15.7. The Bertz CT molecular complexity index is 343. The molecule has 116 valence electrons. The highest BCUT2D eigenvalue weighted by Crippen LogP contribution is 2.02. The predicted octanol–water partition coefficient (Wildman–Crippen LogP) is 0.750. The van der Waals surface area contributed by atoms with Crippen LogP contribution in [0.5, 0.6) is 0 Å². The van der Waals surface area contributed by atoms with Gasteiger partial charge in [-0.25, -0.2) is 4.79 Å². The Kier molecular flexibility index (Phi) is 8.35. The maximum Gasteiger partial charge on any atom is 0.317 e. The lowest BCUT2D eigenvalue weighted by molar-refractivity contribution is -0.137. The third-order valence-corrected chi connectivity index (χ3v) is 2.79. The molecule has 3 amide bonds. The number of rotatable bonds is 8. The highest BCUT2D eigenvalue weighted by molar-refractivity contribution is 5.78. The minimum absolute atomic E-state index is 0.0201. The third-order valence-electron chi connectivity index (χ3n) is 2.79. The van der Waals surface area contributed by atoms with Crippen molar-refractivity contribution in [3.05, 3.63) is 0 Å². The lowest BCUT2D eigenvalue weighted by Crippen LogP contribution is -2.45. The molecule has 0 fully saturated rings. The third kappa shape index (κ3) is 7.60. The Balaban J connectivity index is 4.16. The first-order chi connectivity index (χ1) is 9.25. The average molecular weight is 287 g/mol. The molecule has 7 heteroatoms. The minimum atomic E-state index is -0.870. The second kappa shape index (κ2) is 9.17. The summed E-state index contributed by atoms with van der Waals surface area (Å²) in [6, 6.07) is -0.287. The summed E-state index contributed by atoms with van der Waals surface area (Å²) in [6.07, 6.45) is 0.701. The normalized spacial score (nSPS) is 10.2. The van der Waals surface area contributed by atoms with Gasteiger partial charge in [-0.1, -0.05) is 0 Å². The van der Waals surface area contributed by atoms with Crippen LogP contribution in [0.4, 0.5) is 4.79 Å². The molecule has 0 rings (SSSR count). The van der Waals surface area contributed by atoms with E-state index >= 15 is 0 Å². The van der Waals surface area contributed by atoms with Crippen molar-refractivity contribution >= 4 is 17.9 Å². The van der Waals surface area contributed by atoms with Crippen molar-refractivity contribution in [2.75, 3.05) is 27.2 Å². The number of hydrogen-bond donors (Lipinski definition) is 2. The van der Waals surface area contributed by atoms with E-state index in [2.05, 4.69) is 5.32 Å². The van der Waals surface area contributed by atoms with Crippen LogP contribution in [0, 0.1) is 0 Å². The number of amides is 3. The van der Waals surface area contributed by atoms with Gasteiger partial charge < -0.3 is 20.2 Å². The van der Waals surface area contributed by atoms with Crippen LogP contribution in [0.2, 0.25) is 0 Å². The van der Waals surface area contributed by atoms with Gasteiger partial charge in [0.25, 0.3) is 0 Å². The SMILES string of the molecule is CC(C)N(CCCC(=O)O)C(=O)NCCC(=O)N(C)C. The Morgan fingerprint density at radius 1 is 1.15 bits per heavy atom. The Labute approximate surface area is 119 Å². The van der Waals surface area contributed by atoms with Crippen molar-refractivity contribution in [3.8, 4) is 0 Å². The van der Waals surface area contributed by atoms with Crippen LogP contribution >= 0.6 is 0 Å². The number of aliphatic carboxylic acids is 1. The molecule has 0 heterocycles. The first-order valence-corrected chi connectivity index (χ1v) is 6.72. The van der Waals surface area contributed by atoms with Gasteiger partial charge in [-0.2, -0.15) is 0 Å². The molecular weight excluding hydrogens is 262 g/mol. The molecule has 2 N–H and O–H groups in total. The van der Waals surface area contributed by atoms with E-state index in [1.807, 2.05) is 13.8 Å². The van der Waals surface area contributed by atoms with Crippen molar-refractivity contribution < 1.29 is 19.5 Å². The van der Waals surface area contributed by atoms with Gasteiger partial charge in [-0.05, 0) is 20.3 Å². The van der Waals surface area contributed by atoms with Gasteiger partial charge in [-0.15, -0.1) is 0 Å². The molecule has 0 bridgehead atoms. The highest BCUT2D eigenvalue weighted by atomic mass is 16.4. The van der Waals surface area contributed by atoms with Crippen molar-refractivity contribution in [1.29, 1.82) is 0 Å². The van der Waals surface area contributed by atoms with E-state index in [0.29, 0.717) is 13.0 Å². The minimum Gasteiger partial charge on any atom is -0.481 e. The lowest BCUT2D eigenvalue weighted by atomic mass is 10.2. The molecule has 0 aliphatic rings. The molecular formula is C13H25N3O4. The maximum absolute atomic E-state index is 12.0. The number of carbonyl (C=O) groups excluding carboxylic acids is 2. The summed E-state index contributed by atoms with van der Waals surface area (Å²) >= 11 is 0. The van der Waals surface area contributed by atoms with E-state index in [9.17, 15) is 14.4 Å².